The number of nitrogens with one attached hydrogen (secondary N) is 1. The lowest BCUT2D eigenvalue weighted by Gasteiger charge is -2.06. The summed E-state index contributed by atoms with van der Waals surface area (Å²) in [5.41, 5.74) is 1.62. The molecule has 0 aliphatic heterocycles. The number of aryl methyl sites for hydroxylation is 1. The number of nitriles is 1. The minimum atomic E-state index is -0.474. The summed E-state index contributed by atoms with van der Waals surface area (Å²) in [6, 6.07) is 9.35. The highest BCUT2D eigenvalue weighted by Crippen LogP contribution is 2.36. The van der Waals surface area contributed by atoms with E-state index in [9.17, 15) is 14.9 Å². The van der Waals surface area contributed by atoms with Gasteiger partial charge in [-0.15, -0.1) is 23.1 Å². The third-order valence-electron chi connectivity index (χ3n) is 4.32. The number of hydrogen-bond acceptors (Lipinski definition) is 6. The van der Waals surface area contributed by atoms with E-state index < -0.39 is 11.9 Å². The SMILES string of the molecule is N#Cc1c(NC(=O)COC(=O)CSc2ccc(Cl)cc2)sc2c1CCCCC2. The van der Waals surface area contributed by atoms with Gasteiger partial charge in [-0.05, 0) is 55.5 Å². The van der Waals surface area contributed by atoms with Gasteiger partial charge in [0.25, 0.3) is 5.91 Å². The van der Waals surface area contributed by atoms with Crippen LogP contribution in [0.3, 0.4) is 0 Å². The van der Waals surface area contributed by atoms with Crippen LogP contribution in [0, 0.1) is 11.3 Å². The van der Waals surface area contributed by atoms with Gasteiger partial charge < -0.3 is 10.1 Å². The second-order valence-electron chi connectivity index (χ2n) is 6.33. The van der Waals surface area contributed by atoms with E-state index in [1.807, 2.05) is 12.1 Å². The summed E-state index contributed by atoms with van der Waals surface area (Å²) in [6.07, 6.45) is 5.16. The Morgan fingerprint density at radius 1 is 1.21 bits per heavy atom. The number of carbonyl (C=O) groups is 2. The van der Waals surface area contributed by atoms with Gasteiger partial charge in [0.2, 0.25) is 0 Å². The third kappa shape index (κ3) is 5.51. The number of nitrogens with zero attached hydrogens (tertiary/aromatic N) is 1. The van der Waals surface area contributed by atoms with Crippen LogP contribution in [0.1, 0.15) is 35.3 Å². The van der Waals surface area contributed by atoms with Crippen LogP contribution in [0.4, 0.5) is 5.00 Å². The maximum Gasteiger partial charge on any atom is 0.316 e. The van der Waals surface area contributed by atoms with Crippen molar-refractivity contribution in [2.75, 3.05) is 17.7 Å². The molecular weight excluding hydrogens is 416 g/mol. The van der Waals surface area contributed by atoms with Crippen LogP contribution >= 0.6 is 34.7 Å². The first-order valence-corrected chi connectivity index (χ1v) is 11.1. The van der Waals surface area contributed by atoms with Crippen molar-refractivity contribution >= 4 is 51.6 Å². The molecule has 0 atom stereocenters. The van der Waals surface area contributed by atoms with E-state index >= 15 is 0 Å². The fourth-order valence-corrected chi connectivity index (χ4v) is 5.05. The minimum absolute atomic E-state index is 0.103. The fraction of sp³-hybridized carbons (Fsp3) is 0.350. The van der Waals surface area contributed by atoms with Gasteiger partial charge in [-0.25, -0.2) is 0 Å². The molecule has 0 bridgehead atoms. The molecule has 1 amide bonds. The molecule has 1 aliphatic rings. The fourth-order valence-electron chi connectivity index (χ4n) is 2.97. The average Bonchev–Trinajstić information content (AvgIpc) is 2.85. The molecular formula is C20H19ClN2O3S2. The molecule has 1 aromatic heterocycles. The van der Waals surface area contributed by atoms with Crippen LogP contribution in [-0.4, -0.2) is 24.2 Å². The number of benzene rings is 1. The Labute approximate surface area is 177 Å². The molecule has 2 aromatic rings. The molecule has 1 N–H and O–H groups in total. The Hall–Kier alpha value is -2.01. The van der Waals surface area contributed by atoms with Gasteiger partial charge >= 0.3 is 5.97 Å². The zero-order valence-corrected chi connectivity index (χ0v) is 17.5. The molecule has 0 spiro atoms. The minimum Gasteiger partial charge on any atom is -0.455 e. The third-order valence-corrected chi connectivity index (χ3v) is 6.77. The molecule has 1 aromatic carbocycles. The van der Waals surface area contributed by atoms with Crippen molar-refractivity contribution < 1.29 is 14.3 Å². The summed E-state index contributed by atoms with van der Waals surface area (Å²) >= 11 is 8.60. The van der Waals surface area contributed by atoms with Crippen LogP contribution in [0.2, 0.25) is 5.02 Å². The number of hydrogen-bond donors (Lipinski definition) is 1. The number of anilines is 1. The first-order valence-electron chi connectivity index (χ1n) is 8.95. The highest BCUT2D eigenvalue weighted by molar-refractivity contribution is 8.00. The Kier molecular flexibility index (Phi) is 7.37. The maximum atomic E-state index is 12.2. The van der Waals surface area contributed by atoms with E-state index in [-0.39, 0.29) is 12.4 Å². The molecule has 0 radical (unpaired) electrons. The van der Waals surface area contributed by atoms with E-state index in [1.54, 1.807) is 12.1 Å². The monoisotopic (exact) mass is 434 g/mol. The van der Waals surface area contributed by atoms with Gasteiger partial charge in [-0.3, -0.25) is 9.59 Å². The number of fused-ring (bicyclic) bond motifs is 1. The van der Waals surface area contributed by atoms with Crippen LogP contribution in [-0.2, 0) is 27.2 Å². The smallest absolute Gasteiger partial charge is 0.316 e. The molecule has 5 nitrogen and oxygen atoms in total. The normalized spacial score (nSPS) is 13.1. The summed E-state index contributed by atoms with van der Waals surface area (Å²) in [7, 11) is 0. The molecule has 1 heterocycles. The summed E-state index contributed by atoms with van der Waals surface area (Å²) in [6.45, 7) is -0.368. The predicted octanol–water partition coefficient (Wildman–Crippen LogP) is 4.82. The molecule has 146 valence electrons. The summed E-state index contributed by atoms with van der Waals surface area (Å²) in [5, 5.41) is 13.4. The highest BCUT2D eigenvalue weighted by Gasteiger charge is 2.21. The van der Waals surface area contributed by atoms with Crippen molar-refractivity contribution in [3.8, 4) is 6.07 Å². The van der Waals surface area contributed by atoms with E-state index in [1.165, 1.54) is 28.0 Å². The van der Waals surface area contributed by atoms with Gasteiger partial charge in [0.1, 0.15) is 11.1 Å². The van der Waals surface area contributed by atoms with Crippen LogP contribution in [0.25, 0.3) is 0 Å². The van der Waals surface area contributed by atoms with Gasteiger partial charge in [0.15, 0.2) is 6.61 Å². The molecule has 0 saturated carbocycles. The Morgan fingerprint density at radius 3 is 2.71 bits per heavy atom. The van der Waals surface area contributed by atoms with Crippen LogP contribution in [0.15, 0.2) is 29.2 Å². The number of amides is 1. The number of esters is 1. The van der Waals surface area contributed by atoms with E-state index in [0.717, 1.165) is 42.6 Å². The lowest BCUT2D eigenvalue weighted by molar-refractivity contribution is -0.144. The van der Waals surface area contributed by atoms with Crippen LogP contribution < -0.4 is 5.32 Å². The first-order chi connectivity index (χ1) is 13.6. The van der Waals surface area contributed by atoms with Crippen molar-refractivity contribution in [1.82, 2.24) is 0 Å². The lowest BCUT2D eigenvalue weighted by atomic mass is 10.1. The van der Waals surface area contributed by atoms with Crippen molar-refractivity contribution in [3.63, 3.8) is 0 Å². The zero-order chi connectivity index (χ0) is 19.9. The van der Waals surface area contributed by atoms with Crippen molar-refractivity contribution in [2.24, 2.45) is 0 Å². The second-order valence-corrected chi connectivity index (χ2v) is 8.92. The molecule has 0 fully saturated rings. The Bertz CT molecular complexity index is 903. The Morgan fingerprint density at radius 2 is 1.96 bits per heavy atom. The zero-order valence-electron chi connectivity index (χ0n) is 15.1. The lowest BCUT2D eigenvalue weighted by Crippen LogP contribution is -2.21. The summed E-state index contributed by atoms with van der Waals surface area (Å²) < 4.78 is 5.04. The Balaban J connectivity index is 1.50. The van der Waals surface area contributed by atoms with Crippen molar-refractivity contribution in [3.05, 3.63) is 45.3 Å². The maximum absolute atomic E-state index is 12.2. The number of ether oxygens (including phenoxy) is 1. The largest absolute Gasteiger partial charge is 0.455 e. The van der Waals surface area contributed by atoms with Gasteiger partial charge in [0.05, 0.1) is 11.3 Å². The standard InChI is InChI=1S/C20H19ClN2O3S2/c21-13-6-8-14(9-7-13)27-12-19(25)26-11-18(24)23-20-16(10-22)15-4-2-1-3-5-17(15)28-20/h6-9H,1-5,11-12H2,(H,23,24). The number of carbonyl (C=O) groups excluding carboxylic acids is 2. The highest BCUT2D eigenvalue weighted by atomic mass is 35.5. The molecule has 3 rings (SSSR count). The van der Waals surface area contributed by atoms with Gasteiger partial charge in [0, 0.05) is 14.8 Å². The first kappa shape index (κ1) is 20.7. The number of rotatable bonds is 6. The number of halogens is 1. The molecule has 8 heteroatoms. The van der Waals surface area contributed by atoms with E-state index in [4.69, 9.17) is 16.3 Å². The molecule has 0 unspecified atom stereocenters. The quantitative estimate of drug-likeness (QED) is 0.400. The predicted molar refractivity (Wildman–Crippen MR) is 112 cm³/mol. The second kappa shape index (κ2) is 9.97. The molecule has 0 saturated heterocycles. The van der Waals surface area contributed by atoms with E-state index in [0.29, 0.717) is 15.6 Å². The number of thiophene rings is 1. The van der Waals surface area contributed by atoms with E-state index in [2.05, 4.69) is 11.4 Å². The molecule has 28 heavy (non-hydrogen) atoms. The van der Waals surface area contributed by atoms with Gasteiger partial charge in [-0.1, -0.05) is 18.0 Å². The summed E-state index contributed by atoms with van der Waals surface area (Å²) in [4.78, 5) is 26.1. The van der Waals surface area contributed by atoms with Crippen molar-refractivity contribution in [1.29, 1.82) is 5.26 Å². The van der Waals surface area contributed by atoms with Crippen LogP contribution in [0.5, 0.6) is 0 Å². The molecule has 1 aliphatic carbocycles. The average molecular weight is 435 g/mol. The van der Waals surface area contributed by atoms with Gasteiger partial charge in [-0.2, -0.15) is 5.26 Å². The topological polar surface area (TPSA) is 79.2 Å². The van der Waals surface area contributed by atoms with Crippen molar-refractivity contribution in [2.45, 2.75) is 37.0 Å². The number of thioether (sulfide) groups is 1. The summed E-state index contributed by atoms with van der Waals surface area (Å²) in [5.74, 6) is -0.804.